The number of fused-ring (bicyclic) bond motifs is 11. The molecular weight excluding hydrogens is 678 g/mol. The summed E-state index contributed by atoms with van der Waals surface area (Å²) in [5.74, 6) is 0.825. The number of aromatic nitrogens is 2. The summed E-state index contributed by atoms with van der Waals surface area (Å²) in [4.78, 5) is 5.84. The highest BCUT2D eigenvalue weighted by Crippen LogP contribution is 2.69. The van der Waals surface area contributed by atoms with Crippen LogP contribution in [0.4, 0.5) is 22.7 Å². The molecule has 0 saturated heterocycles. The summed E-state index contributed by atoms with van der Waals surface area (Å²) in [6.07, 6.45) is 0. The minimum atomic E-state index is 0.0472. The number of benzene rings is 6. The fourth-order valence-electron chi connectivity index (χ4n) is 14.9. The molecule has 6 aromatic carbocycles. The normalized spacial score (nSPS) is 25.5. The Morgan fingerprint density at radius 1 is 0.429 bits per heavy atom. The molecule has 0 bridgehead atoms. The standard InChI is InChI=1S/C50H40B2N4/c1-49(2,3)23-13-19-33-31(21-23)51-32-22-24(50(4,5)6)14-20-34(32)54-36-12-8-10-28-30-18-16-26-25-15-17-29-27-9-7-11-35-41(27)55-43(29)37(25)52-38(26)44(30)56(42(28)36)48-40(52)47(55)45(53(33)35)39(51)46(48)54/h7-22,39-40,45-48H,1-6H3/t39?,40-,45?,46?,47+,48?/m1/s1. The van der Waals surface area contributed by atoms with E-state index in [0.717, 1.165) is 0 Å². The number of nitrogens with zero attached hydrogens (tertiary/aromatic N) is 4. The van der Waals surface area contributed by atoms with Crippen LogP contribution in [0.25, 0.3) is 54.7 Å². The van der Waals surface area contributed by atoms with E-state index >= 15 is 0 Å². The quantitative estimate of drug-likeness (QED) is 0.146. The van der Waals surface area contributed by atoms with Gasteiger partial charge in [0.05, 0.1) is 46.6 Å². The van der Waals surface area contributed by atoms with Crippen LogP contribution in [-0.2, 0) is 10.8 Å². The molecule has 6 heteroatoms. The lowest BCUT2D eigenvalue weighted by molar-refractivity contribution is 0.203. The molecule has 1 fully saturated rings. The van der Waals surface area contributed by atoms with Crippen LogP contribution in [-0.4, -0.2) is 34.6 Å². The maximum atomic E-state index is 2.96. The molecule has 1 aliphatic carbocycles. The first-order chi connectivity index (χ1) is 27.1. The molecule has 56 heavy (non-hydrogen) atoms. The topological polar surface area (TPSA) is 16.3 Å². The second-order valence-electron chi connectivity index (χ2n) is 20.8. The van der Waals surface area contributed by atoms with Gasteiger partial charge in [-0.1, -0.05) is 125 Å². The van der Waals surface area contributed by atoms with Crippen LogP contribution in [0.5, 0.6) is 0 Å². The maximum Gasteiger partial charge on any atom is 0.223 e. The Hall–Kier alpha value is -5.35. The van der Waals surface area contributed by atoms with Crippen molar-refractivity contribution in [3.05, 3.63) is 108 Å². The third kappa shape index (κ3) is 2.69. The molecule has 2 aromatic heterocycles. The number of anilines is 4. The van der Waals surface area contributed by atoms with E-state index in [2.05, 4.69) is 158 Å². The average Bonchev–Trinajstić information content (AvgIpc) is 3.83. The largest absolute Gasteiger partial charge is 0.335 e. The highest BCUT2D eigenvalue weighted by atomic mass is 15.3. The molecule has 4 unspecified atom stereocenters. The monoisotopic (exact) mass is 718 g/mol. The van der Waals surface area contributed by atoms with Crippen molar-refractivity contribution in [2.45, 2.75) is 88.2 Å². The van der Waals surface area contributed by atoms with Gasteiger partial charge in [-0.3, -0.25) is 0 Å². The van der Waals surface area contributed by atoms with Gasteiger partial charge in [0, 0.05) is 44.0 Å². The van der Waals surface area contributed by atoms with E-state index in [0.29, 0.717) is 42.5 Å². The Balaban J connectivity index is 1.16. The zero-order valence-corrected chi connectivity index (χ0v) is 32.6. The summed E-state index contributed by atoms with van der Waals surface area (Å²) in [5.41, 5.74) is 23.9. The molecule has 4 nitrogen and oxygen atoms in total. The lowest BCUT2D eigenvalue weighted by Gasteiger charge is -2.68. The molecule has 266 valence electrons. The Morgan fingerprint density at radius 2 is 0.875 bits per heavy atom. The first kappa shape index (κ1) is 29.0. The van der Waals surface area contributed by atoms with E-state index in [9.17, 15) is 0 Å². The van der Waals surface area contributed by atoms with Gasteiger partial charge >= 0.3 is 0 Å². The van der Waals surface area contributed by atoms with Crippen molar-refractivity contribution in [1.29, 1.82) is 0 Å². The Morgan fingerprint density at radius 3 is 1.34 bits per heavy atom. The fourth-order valence-corrected chi connectivity index (χ4v) is 14.9. The predicted octanol–water partition coefficient (Wildman–Crippen LogP) is 8.93. The number of hydrogen-bond acceptors (Lipinski definition) is 2. The van der Waals surface area contributed by atoms with Crippen molar-refractivity contribution >= 4 is 102 Å². The molecule has 0 radical (unpaired) electrons. The molecule has 0 N–H and O–H groups in total. The van der Waals surface area contributed by atoms with Gasteiger partial charge in [0.25, 0.3) is 0 Å². The lowest BCUT2D eigenvalue weighted by Crippen LogP contribution is -2.76. The smallest absolute Gasteiger partial charge is 0.223 e. The summed E-state index contributed by atoms with van der Waals surface area (Å²) < 4.78 is 5.92. The van der Waals surface area contributed by atoms with Crippen LogP contribution in [0.1, 0.15) is 64.8 Å². The van der Waals surface area contributed by atoms with E-state index in [4.69, 9.17) is 0 Å². The van der Waals surface area contributed by atoms with Gasteiger partial charge in [-0.25, -0.2) is 0 Å². The molecule has 6 atom stereocenters. The van der Waals surface area contributed by atoms with E-state index in [1.54, 1.807) is 10.9 Å². The molecule has 8 aromatic rings. The first-order valence-corrected chi connectivity index (χ1v) is 21.2. The summed E-state index contributed by atoms with van der Waals surface area (Å²) in [7, 11) is 0. The van der Waals surface area contributed by atoms with Crippen LogP contribution >= 0.6 is 0 Å². The van der Waals surface area contributed by atoms with E-state index in [1.165, 1.54) is 99.5 Å². The summed E-state index contributed by atoms with van der Waals surface area (Å²) in [5, 5.41) is 5.76. The van der Waals surface area contributed by atoms with Gasteiger partial charge in [-0.15, -0.1) is 0 Å². The molecule has 0 amide bonds. The SMILES string of the molecule is CC(C)(C)c1ccc2c(c1)B1c3cc(C(C)(C)C)ccc3N3c4cccc5c6ccc7c8c6n(c45)[C@@H]4C3C1C1C3[C@@H]4B8c4c-7ccc5c6cccc(c6n3c45)N21. The number of rotatable bonds is 0. The van der Waals surface area contributed by atoms with Gasteiger partial charge in [-0.05, 0) is 79.9 Å². The van der Waals surface area contributed by atoms with Crippen molar-refractivity contribution in [3.8, 4) is 11.1 Å². The minimum absolute atomic E-state index is 0.0472. The van der Waals surface area contributed by atoms with E-state index < -0.39 is 0 Å². The molecular formula is C50H40B2N4. The van der Waals surface area contributed by atoms with Gasteiger partial charge in [0.2, 0.25) is 13.4 Å². The Kier molecular flexibility index (Phi) is 4.32. The van der Waals surface area contributed by atoms with Gasteiger partial charge < -0.3 is 18.9 Å². The van der Waals surface area contributed by atoms with Crippen LogP contribution in [0.3, 0.4) is 0 Å². The second kappa shape index (κ2) is 8.35. The van der Waals surface area contributed by atoms with E-state index in [1.807, 2.05) is 0 Å². The summed E-state index contributed by atoms with van der Waals surface area (Å²) in [6.45, 7) is 15.0. The maximum absolute atomic E-state index is 2.96. The third-order valence-corrected chi connectivity index (χ3v) is 16.7. The third-order valence-electron chi connectivity index (χ3n) is 16.7. The van der Waals surface area contributed by atoms with Crippen LogP contribution < -0.4 is 31.7 Å². The van der Waals surface area contributed by atoms with Crippen LogP contribution in [0, 0.1) is 0 Å². The van der Waals surface area contributed by atoms with Crippen LogP contribution in [0.15, 0.2) is 97.1 Å². The highest BCUT2D eigenvalue weighted by molar-refractivity contribution is 6.95. The predicted molar refractivity (Wildman–Crippen MR) is 236 cm³/mol. The van der Waals surface area contributed by atoms with Crippen molar-refractivity contribution < 1.29 is 0 Å². The first-order valence-electron chi connectivity index (χ1n) is 21.2. The van der Waals surface area contributed by atoms with Crippen molar-refractivity contribution in [2.75, 3.05) is 9.80 Å². The zero-order chi connectivity index (χ0) is 36.8. The number of para-hydroxylation sites is 2. The highest BCUT2D eigenvalue weighted by Gasteiger charge is 2.70. The molecule has 8 aliphatic rings. The van der Waals surface area contributed by atoms with Crippen molar-refractivity contribution in [1.82, 2.24) is 9.13 Å². The molecule has 7 aliphatic heterocycles. The van der Waals surface area contributed by atoms with Gasteiger partial charge in [-0.2, -0.15) is 0 Å². The zero-order valence-electron chi connectivity index (χ0n) is 32.6. The lowest BCUT2D eigenvalue weighted by atomic mass is 9.21. The minimum Gasteiger partial charge on any atom is -0.335 e. The fraction of sp³-hybridized carbons (Fsp3) is 0.280. The molecule has 1 saturated carbocycles. The molecule has 0 spiro atoms. The Bertz CT molecular complexity index is 3100. The van der Waals surface area contributed by atoms with Gasteiger partial charge in [0.15, 0.2) is 0 Å². The second-order valence-corrected chi connectivity index (χ2v) is 20.8. The van der Waals surface area contributed by atoms with Gasteiger partial charge in [0.1, 0.15) is 0 Å². The summed E-state index contributed by atoms with van der Waals surface area (Å²) >= 11 is 0. The Labute approximate surface area is 326 Å². The van der Waals surface area contributed by atoms with E-state index in [-0.39, 0.29) is 17.5 Å². The molecule has 9 heterocycles. The molecule has 16 rings (SSSR count). The van der Waals surface area contributed by atoms with Crippen molar-refractivity contribution in [2.24, 2.45) is 0 Å². The average molecular weight is 719 g/mol. The van der Waals surface area contributed by atoms with Crippen molar-refractivity contribution in [3.63, 3.8) is 0 Å². The summed E-state index contributed by atoms with van der Waals surface area (Å²) in [6, 6.07) is 41.2. The van der Waals surface area contributed by atoms with Crippen LogP contribution in [0.2, 0.25) is 11.6 Å². The number of hydrogen-bond donors (Lipinski definition) is 0.